The lowest BCUT2D eigenvalue weighted by atomic mass is 10.1. The van der Waals surface area contributed by atoms with Crippen LogP contribution in [0.2, 0.25) is 0 Å². The topological polar surface area (TPSA) is 78.7 Å². The number of rotatable bonds is 4. The van der Waals surface area contributed by atoms with E-state index >= 15 is 0 Å². The summed E-state index contributed by atoms with van der Waals surface area (Å²) < 4.78 is 31.9. The molecular formula is C17H18F2N4O3. The molecule has 3 rings (SSSR count). The first-order chi connectivity index (χ1) is 12.4. The van der Waals surface area contributed by atoms with E-state index in [9.17, 15) is 18.4 Å². The van der Waals surface area contributed by atoms with E-state index in [0.717, 1.165) is 18.2 Å². The number of hydrogen-bond acceptors (Lipinski definition) is 5. The van der Waals surface area contributed by atoms with Gasteiger partial charge in [0, 0.05) is 32.2 Å². The third-order valence-corrected chi connectivity index (χ3v) is 4.08. The summed E-state index contributed by atoms with van der Waals surface area (Å²) in [5.41, 5.74) is -0.280. The number of halogens is 2. The Hall–Kier alpha value is -2.81. The number of carbonyl (C=O) groups is 2. The van der Waals surface area contributed by atoms with E-state index < -0.39 is 17.5 Å². The molecule has 138 valence electrons. The molecule has 0 saturated carbocycles. The molecule has 0 atom stereocenters. The number of nitrogens with zero attached hydrogens (tertiary/aromatic N) is 3. The van der Waals surface area contributed by atoms with Gasteiger partial charge in [-0.3, -0.25) is 14.5 Å². The predicted octanol–water partition coefficient (Wildman–Crippen LogP) is 1.66. The van der Waals surface area contributed by atoms with Crippen LogP contribution in [-0.4, -0.2) is 59.5 Å². The average Bonchev–Trinajstić information content (AvgIpc) is 3.01. The zero-order chi connectivity index (χ0) is 18.7. The highest BCUT2D eigenvalue weighted by molar-refractivity contribution is 5.94. The summed E-state index contributed by atoms with van der Waals surface area (Å²) in [5, 5.41) is 6.31. The molecule has 1 aromatic carbocycles. The quantitative estimate of drug-likeness (QED) is 0.893. The summed E-state index contributed by atoms with van der Waals surface area (Å²) in [6.45, 7) is 3.42. The van der Waals surface area contributed by atoms with Gasteiger partial charge in [0.25, 0.3) is 5.91 Å². The molecule has 9 heteroatoms. The van der Waals surface area contributed by atoms with Crippen LogP contribution < -0.4 is 5.32 Å². The second-order valence-electron chi connectivity index (χ2n) is 6.06. The molecule has 7 nitrogen and oxygen atoms in total. The lowest BCUT2D eigenvalue weighted by molar-refractivity contribution is -0.117. The van der Waals surface area contributed by atoms with E-state index in [1.807, 2.05) is 4.90 Å². The number of aryl methyl sites for hydroxylation is 1. The van der Waals surface area contributed by atoms with Crippen LogP contribution in [0.4, 0.5) is 14.6 Å². The molecule has 26 heavy (non-hydrogen) atoms. The van der Waals surface area contributed by atoms with Gasteiger partial charge in [0.15, 0.2) is 5.82 Å². The molecular weight excluding hydrogens is 346 g/mol. The minimum atomic E-state index is -0.749. The van der Waals surface area contributed by atoms with Crippen molar-refractivity contribution in [2.45, 2.75) is 6.92 Å². The molecule has 0 spiro atoms. The zero-order valence-corrected chi connectivity index (χ0v) is 14.2. The fourth-order valence-corrected chi connectivity index (χ4v) is 2.75. The van der Waals surface area contributed by atoms with Crippen molar-refractivity contribution in [3.8, 4) is 0 Å². The van der Waals surface area contributed by atoms with E-state index in [0.29, 0.717) is 37.8 Å². The SMILES string of the molecule is Cc1cc(NC(=O)CN2CCN(C(=O)c3cc(F)ccc3F)CC2)no1. The Kier molecular flexibility index (Phi) is 5.27. The van der Waals surface area contributed by atoms with Crippen molar-refractivity contribution in [3.63, 3.8) is 0 Å². The second kappa shape index (κ2) is 7.61. The number of aromatic nitrogens is 1. The number of nitrogens with one attached hydrogen (secondary N) is 1. The smallest absolute Gasteiger partial charge is 0.257 e. The van der Waals surface area contributed by atoms with Crippen molar-refractivity contribution in [2.75, 3.05) is 38.0 Å². The molecule has 2 amide bonds. The lowest BCUT2D eigenvalue weighted by Crippen LogP contribution is -2.50. The van der Waals surface area contributed by atoms with Crippen LogP contribution in [0.5, 0.6) is 0 Å². The van der Waals surface area contributed by atoms with Crippen LogP contribution in [-0.2, 0) is 4.79 Å². The summed E-state index contributed by atoms with van der Waals surface area (Å²) in [5.74, 6) is -1.26. The summed E-state index contributed by atoms with van der Waals surface area (Å²) in [6.07, 6.45) is 0. The molecule has 0 aliphatic carbocycles. The van der Waals surface area contributed by atoms with Crippen molar-refractivity contribution in [1.29, 1.82) is 0 Å². The molecule has 1 fully saturated rings. The number of amides is 2. The number of carbonyl (C=O) groups excluding carboxylic acids is 2. The Balaban J connectivity index is 1.51. The summed E-state index contributed by atoms with van der Waals surface area (Å²) in [6, 6.07) is 4.42. The minimum absolute atomic E-state index is 0.141. The van der Waals surface area contributed by atoms with Crippen molar-refractivity contribution in [2.24, 2.45) is 0 Å². The molecule has 1 aliphatic rings. The fourth-order valence-electron chi connectivity index (χ4n) is 2.75. The molecule has 2 aromatic rings. The Morgan fingerprint density at radius 2 is 1.92 bits per heavy atom. The number of anilines is 1. The maximum Gasteiger partial charge on any atom is 0.257 e. The first kappa shape index (κ1) is 18.0. The third-order valence-electron chi connectivity index (χ3n) is 4.08. The van der Waals surface area contributed by atoms with E-state index in [2.05, 4.69) is 10.5 Å². The van der Waals surface area contributed by atoms with Crippen molar-refractivity contribution in [3.05, 3.63) is 47.2 Å². The van der Waals surface area contributed by atoms with Crippen molar-refractivity contribution in [1.82, 2.24) is 15.0 Å². The molecule has 1 aromatic heterocycles. The Bertz CT molecular complexity index is 816. The van der Waals surface area contributed by atoms with Gasteiger partial charge >= 0.3 is 0 Å². The van der Waals surface area contributed by atoms with E-state index in [1.165, 1.54) is 4.90 Å². The standard InChI is InChI=1S/C17H18F2N4O3/c1-11-8-15(21-26-11)20-16(24)10-22-4-6-23(7-5-22)17(25)13-9-12(18)2-3-14(13)19/h2-3,8-9H,4-7,10H2,1H3,(H,20,21,24). The van der Waals surface area contributed by atoms with Gasteiger partial charge in [-0.25, -0.2) is 8.78 Å². The fraction of sp³-hybridized carbons (Fsp3) is 0.353. The molecule has 2 heterocycles. The molecule has 0 bridgehead atoms. The van der Waals surface area contributed by atoms with Crippen LogP contribution in [0.15, 0.2) is 28.8 Å². The van der Waals surface area contributed by atoms with Crippen LogP contribution >= 0.6 is 0 Å². The van der Waals surface area contributed by atoms with Gasteiger partial charge in [-0.15, -0.1) is 0 Å². The normalized spacial score (nSPS) is 15.1. The van der Waals surface area contributed by atoms with Crippen molar-refractivity contribution < 1.29 is 22.9 Å². The zero-order valence-electron chi connectivity index (χ0n) is 14.2. The van der Waals surface area contributed by atoms with Crippen molar-refractivity contribution >= 4 is 17.6 Å². The lowest BCUT2D eigenvalue weighted by Gasteiger charge is -2.34. The van der Waals surface area contributed by atoms with E-state index in [-0.39, 0.29) is 18.0 Å². The summed E-state index contributed by atoms with van der Waals surface area (Å²) >= 11 is 0. The van der Waals surface area contributed by atoms with E-state index in [4.69, 9.17) is 4.52 Å². The van der Waals surface area contributed by atoms with Gasteiger partial charge in [0.05, 0.1) is 12.1 Å². The molecule has 0 radical (unpaired) electrons. The maximum atomic E-state index is 13.7. The van der Waals surface area contributed by atoms with Crippen LogP contribution in [0.3, 0.4) is 0 Å². The number of piperazine rings is 1. The second-order valence-corrected chi connectivity index (χ2v) is 6.06. The average molecular weight is 364 g/mol. The van der Waals surface area contributed by atoms with Crippen LogP contribution in [0, 0.1) is 18.6 Å². The molecule has 1 aliphatic heterocycles. The maximum absolute atomic E-state index is 13.7. The van der Waals surface area contributed by atoms with Gasteiger partial charge < -0.3 is 14.7 Å². The van der Waals surface area contributed by atoms with Gasteiger partial charge in [-0.05, 0) is 25.1 Å². The van der Waals surface area contributed by atoms with Gasteiger partial charge in [0.2, 0.25) is 5.91 Å². The molecule has 1 N–H and O–H groups in total. The minimum Gasteiger partial charge on any atom is -0.360 e. The Labute approximate surface area is 148 Å². The van der Waals surface area contributed by atoms with Crippen LogP contribution in [0.1, 0.15) is 16.1 Å². The highest BCUT2D eigenvalue weighted by atomic mass is 19.1. The van der Waals surface area contributed by atoms with E-state index in [1.54, 1.807) is 13.0 Å². The highest BCUT2D eigenvalue weighted by Crippen LogP contribution is 2.14. The first-order valence-corrected chi connectivity index (χ1v) is 8.12. The largest absolute Gasteiger partial charge is 0.360 e. The number of benzene rings is 1. The third kappa shape index (κ3) is 4.23. The molecule has 0 unspecified atom stereocenters. The Morgan fingerprint density at radius 3 is 2.58 bits per heavy atom. The first-order valence-electron chi connectivity index (χ1n) is 8.12. The summed E-state index contributed by atoms with van der Waals surface area (Å²) in [7, 11) is 0. The monoisotopic (exact) mass is 364 g/mol. The van der Waals surface area contributed by atoms with Gasteiger partial charge in [0.1, 0.15) is 17.4 Å². The van der Waals surface area contributed by atoms with Gasteiger partial charge in [-0.1, -0.05) is 5.16 Å². The highest BCUT2D eigenvalue weighted by Gasteiger charge is 2.25. The Morgan fingerprint density at radius 1 is 1.19 bits per heavy atom. The number of hydrogen-bond donors (Lipinski definition) is 1. The molecule has 1 saturated heterocycles. The predicted molar refractivity (Wildman–Crippen MR) is 88.6 cm³/mol. The van der Waals surface area contributed by atoms with Crippen LogP contribution in [0.25, 0.3) is 0 Å². The van der Waals surface area contributed by atoms with Gasteiger partial charge in [-0.2, -0.15) is 0 Å². The summed E-state index contributed by atoms with van der Waals surface area (Å²) in [4.78, 5) is 27.7.